The van der Waals surface area contributed by atoms with Crippen molar-refractivity contribution in [3.05, 3.63) is 65.6 Å². The standard InChI is InChI=1S/C23H24N4O4S/c1-4-19-18-12-22(31-3)21(30-2)11-17(18)15(13-25-19)10-16-9-8-14-6-5-7-20(23(14)26-16)27-32(24,28)29/h5-9,11-13,27H,4,10H2,1-3H3,(H2,24,28,29). The first-order valence-electron chi connectivity index (χ1n) is 10.0. The summed E-state index contributed by atoms with van der Waals surface area (Å²) in [5.74, 6) is 1.29. The fourth-order valence-electron chi connectivity index (χ4n) is 3.82. The number of benzene rings is 2. The molecule has 0 saturated heterocycles. The summed E-state index contributed by atoms with van der Waals surface area (Å²) in [5, 5.41) is 7.97. The molecule has 0 aliphatic heterocycles. The number of rotatable bonds is 7. The largest absolute Gasteiger partial charge is 0.493 e. The number of para-hydroxylation sites is 1. The second kappa shape index (κ2) is 8.60. The van der Waals surface area contributed by atoms with Crippen molar-refractivity contribution in [1.82, 2.24) is 9.97 Å². The normalized spacial score (nSPS) is 11.6. The monoisotopic (exact) mass is 452 g/mol. The summed E-state index contributed by atoms with van der Waals surface area (Å²) in [6, 6.07) is 13.0. The molecular weight excluding hydrogens is 428 g/mol. The Bertz CT molecular complexity index is 1420. The summed E-state index contributed by atoms with van der Waals surface area (Å²) in [7, 11) is -0.700. The molecule has 32 heavy (non-hydrogen) atoms. The first kappa shape index (κ1) is 21.8. The molecule has 9 heteroatoms. The number of hydrogen-bond donors (Lipinski definition) is 2. The minimum Gasteiger partial charge on any atom is -0.493 e. The molecule has 0 radical (unpaired) electrons. The molecule has 0 aliphatic carbocycles. The maximum Gasteiger partial charge on any atom is 0.296 e. The highest BCUT2D eigenvalue weighted by Gasteiger charge is 2.14. The number of methoxy groups -OCH3 is 2. The fraction of sp³-hybridized carbons (Fsp3) is 0.217. The van der Waals surface area contributed by atoms with Crippen LogP contribution in [0.15, 0.2) is 48.7 Å². The number of ether oxygens (including phenoxy) is 2. The highest BCUT2D eigenvalue weighted by Crippen LogP contribution is 2.35. The molecule has 0 saturated carbocycles. The van der Waals surface area contributed by atoms with Gasteiger partial charge in [-0.05, 0) is 41.6 Å². The molecule has 0 spiro atoms. The summed E-state index contributed by atoms with van der Waals surface area (Å²) in [5.41, 5.74) is 3.57. The second-order valence-corrected chi connectivity index (χ2v) is 8.63. The molecule has 2 aromatic carbocycles. The van der Waals surface area contributed by atoms with Gasteiger partial charge in [0.15, 0.2) is 11.5 Å². The molecular formula is C23H24N4O4S. The highest BCUT2D eigenvalue weighted by molar-refractivity contribution is 7.90. The molecule has 2 heterocycles. The lowest BCUT2D eigenvalue weighted by atomic mass is 9.99. The molecule has 4 aromatic rings. The number of fused-ring (bicyclic) bond motifs is 2. The van der Waals surface area contributed by atoms with E-state index in [4.69, 9.17) is 19.6 Å². The van der Waals surface area contributed by atoms with Crippen LogP contribution >= 0.6 is 0 Å². The lowest BCUT2D eigenvalue weighted by Crippen LogP contribution is -2.22. The zero-order valence-corrected chi connectivity index (χ0v) is 18.9. The Morgan fingerprint density at radius 3 is 2.41 bits per heavy atom. The number of nitrogens with one attached hydrogen (secondary N) is 1. The maximum absolute atomic E-state index is 11.5. The Morgan fingerprint density at radius 2 is 1.75 bits per heavy atom. The predicted octanol–water partition coefficient (Wildman–Crippen LogP) is 3.57. The van der Waals surface area contributed by atoms with Crippen LogP contribution in [0.25, 0.3) is 21.7 Å². The number of hydrogen-bond acceptors (Lipinski definition) is 6. The summed E-state index contributed by atoms with van der Waals surface area (Å²) < 4.78 is 36.4. The van der Waals surface area contributed by atoms with Crippen molar-refractivity contribution in [3.8, 4) is 11.5 Å². The van der Waals surface area contributed by atoms with Crippen LogP contribution in [0, 0.1) is 0 Å². The third-order valence-corrected chi connectivity index (χ3v) is 5.80. The Kier molecular flexibility index (Phi) is 5.86. The third kappa shape index (κ3) is 4.30. The SMILES string of the molecule is CCc1ncc(Cc2ccc3cccc(NS(N)(=O)=O)c3n2)c2cc(OC)c(OC)cc12. The summed E-state index contributed by atoms with van der Waals surface area (Å²) in [6.07, 6.45) is 3.14. The van der Waals surface area contributed by atoms with E-state index in [1.807, 2.05) is 36.5 Å². The lowest BCUT2D eigenvalue weighted by Gasteiger charge is -2.14. The van der Waals surface area contributed by atoms with Crippen LogP contribution in [0.4, 0.5) is 5.69 Å². The van der Waals surface area contributed by atoms with Gasteiger partial charge in [-0.2, -0.15) is 8.42 Å². The number of nitrogens with two attached hydrogens (primary N) is 1. The van der Waals surface area contributed by atoms with Crippen molar-refractivity contribution >= 4 is 37.6 Å². The maximum atomic E-state index is 11.5. The number of aromatic nitrogens is 2. The summed E-state index contributed by atoms with van der Waals surface area (Å²) in [4.78, 5) is 9.36. The molecule has 0 unspecified atom stereocenters. The van der Waals surface area contributed by atoms with Crippen molar-refractivity contribution < 1.29 is 17.9 Å². The molecule has 0 fully saturated rings. The van der Waals surface area contributed by atoms with Crippen LogP contribution in [0.3, 0.4) is 0 Å². The van der Waals surface area contributed by atoms with Gasteiger partial charge in [0.25, 0.3) is 10.2 Å². The van der Waals surface area contributed by atoms with Gasteiger partial charge in [0.1, 0.15) is 0 Å². The lowest BCUT2D eigenvalue weighted by molar-refractivity contribution is 0.356. The van der Waals surface area contributed by atoms with Crippen LogP contribution in [0.2, 0.25) is 0 Å². The van der Waals surface area contributed by atoms with E-state index >= 15 is 0 Å². The van der Waals surface area contributed by atoms with Crippen molar-refractivity contribution in [1.29, 1.82) is 0 Å². The van der Waals surface area contributed by atoms with Crippen LogP contribution < -0.4 is 19.3 Å². The average molecular weight is 453 g/mol. The van der Waals surface area contributed by atoms with Crippen molar-refractivity contribution in [3.63, 3.8) is 0 Å². The first-order chi connectivity index (χ1) is 15.3. The van der Waals surface area contributed by atoms with Gasteiger partial charge in [-0.1, -0.05) is 25.1 Å². The Balaban J connectivity index is 1.83. The second-order valence-electron chi connectivity index (χ2n) is 7.34. The molecule has 0 bridgehead atoms. The fourth-order valence-corrected chi connectivity index (χ4v) is 4.29. The predicted molar refractivity (Wildman–Crippen MR) is 126 cm³/mol. The van der Waals surface area contributed by atoms with Gasteiger partial charge in [0.05, 0.1) is 25.4 Å². The van der Waals surface area contributed by atoms with E-state index in [1.165, 1.54) is 0 Å². The van der Waals surface area contributed by atoms with E-state index in [1.54, 1.807) is 26.4 Å². The van der Waals surface area contributed by atoms with Gasteiger partial charge in [0, 0.05) is 34.8 Å². The van der Waals surface area contributed by atoms with Crippen LogP contribution in [0.5, 0.6) is 11.5 Å². The van der Waals surface area contributed by atoms with Crippen LogP contribution in [0.1, 0.15) is 23.9 Å². The van der Waals surface area contributed by atoms with Crippen molar-refractivity contribution in [2.75, 3.05) is 18.9 Å². The zero-order chi connectivity index (χ0) is 22.9. The number of anilines is 1. The van der Waals surface area contributed by atoms with Crippen molar-refractivity contribution in [2.45, 2.75) is 19.8 Å². The van der Waals surface area contributed by atoms with Crippen LogP contribution in [-0.2, 0) is 23.1 Å². The highest BCUT2D eigenvalue weighted by atomic mass is 32.2. The number of aryl methyl sites for hydroxylation is 1. The van der Waals surface area contributed by atoms with Gasteiger partial charge < -0.3 is 9.47 Å². The minimum absolute atomic E-state index is 0.336. The van der Waals surface area contributed by atoms with Gasteiger partial charge in [-0.3, -0.25) is 14.7 Å². The van der Waals surface area contributed by atoms with Crippen molar-refractivity contribution in [2.24, 2.45) is 5.14 Å². The number of nitrogens with zero attached hydrogens (tertiary/aromatic N) is 2. The molecule has 8 nitrogen and oxygen atoms in total. The molecule has 166 valence electrons. The molecule has 4 rings (SSSR count). The third-order valence-electron chi connectivity index (χ3n) is 5.29. The van der Waals surface area contributed by atoms with E-state index in [-0.39, 0.29) is 0 Å². The summed E-state index contributed by atoms with van der Waals surface area (Å²) >= 11 is 0. The molecule has 0 aliphatic rings. The van der Waals surface area contributed by atoms with E-state index in [9.17, 15) is 8.42 Å². The molecule has 0 atom stereocenters. The van der Waals surface area contributed by atoms with E-state index in [2.05, 4.69) is 16.6 Å². The van der Waals surface area contributed by atoms with Gasteiger partial charge in [0.2, 0.25) is 0 Å². The minimum atomic E-state index is -3.92. The van der Waals surface area contributed by atoms with E-state index in [0.717, 1.165) is 39.5 Å². The van der Waals surface area contributed by atoms with E-state index < -0.39 is 10.2 Å². The Morgan fingerprint density at radius 1 is 1.03 bits per heavy atom. The quantitative estimate of drug-likeness (QED) is 0.443. The topological polar surface area (TPSA) is 116 Å². The molecule has 2 aromatic heterocycles. The zero-order valence-electron chi connectivity index (χ0n) is 18.0. The van der Waals surface area contributed by atoms with Crippen LogP contribution in [-0.4, -0.2) is 32.6 Å². The Labute approximate surface area is 186 Å². The first-order valence-corrected chi connectivity index (χ1v) is 11.6. The van der Waals surface area contributed by atoms with Gasteiger partial charge in [-0.15, -0.1) is 0 Å². The van der Waals surface area contributed by atoms with Gasteiger partial charge in [-0.25, -0.2) is 5.14 Å². The summed E-state index contributed by atoms with van der Waals surface area (Å²) in [6.45, 7) is 2.06. The Hall–Kier alpha value is -3.43. The smallest absolute Gasteiger partial charge is 0.296 e. The van der Waals surface area contributed by atoms with Gasteiger partial charge >= 0.3 is 0 Å². The molecule has 0 amide bonds. The van der Waals surface area contributed by atoms with E-state index in [0.29, 0.717) is 29.1 Å². The molecule has 3 N–H and O–H groups in total. The average Bonchev–Trinajstić information content (AvgIpc) is 2.77. The number of pyridine rings is 2.